The third-order valence-electron chi connectivity index (χ3n) is 2.61. The number of rotatable bonds is 4. The number of ether oxygens (including phenoxy) is 1. The van der Waals surface area contributed by atoms with Crippen molar-refractivity contribution in [2.75, 3.05) is 19.0 Å². The largest absolute Gasteiger partial charge is 0.384 e. The first-order valence-corrected chi connectivity index (χ1v) is 6.58. The highest BCUT2D eigenvalue weighted by Crippen LogP contribution is 2.29. The van der Waals surface area contributed by atoms with Crippen LogP contribution in [0.5, 0.6) is 0 Å². The zero-order chi connectivity index (χ0) is 13.1. The zero-order valence-electron chi connectivity index (χ0n) is 10.7. The Morgan fingerprint density at radius 2 is 2.22 bits per heavy atom. The van der Waals surface area contributed by atoms with E-state index in [1.54, 1.807) is 7.11 Å². The summed E-state index contributed by atoms with van der Waals surface area (Å²) in [7, 11) is 1.58. The number of fused-ring (bicyclic) bond motifs is 1. The van der Waals surface area contributed by atoms with Crippen LogP contribution in [0.1, 0.15) is 17.5 Å². The number of thiazole rings is 1. The zero-order valence-corrected chi connectivity index (χ0v) is 11.6. The molecule has 0 saturated carbocycles. The Bertz CT molecular complexity index is 578. The van der Waals surface area contributed by atoms with Crippen LogP contribution in [0.4, 0.5) is 5.13 Å². The van der Waals surface area contributed by atoms with Crippen molar-refractivity contribution < 1.29 is 9.53 Å². The van der Waals surface area contributed by atoms with E-state index < -0.39 is 0 Å². The molecule has 1 N–H and O–H groups in total. The van der Waals surface area contributed by atoms with Crippen molar-refractivity contribution in [2.45, 2.75) is 20.3 Å². The van der Waals surface area contributed by atoms with E-state index in [-0.39, 0.29) is 5.91 Å². The lowest BCUT2D eigenvalue weighted by atomic mass is 10.1. The second kappa shape index (κ2) is 5.46. The van der Waals surface area contributed by atoms with Gasteiger partial charge in [-0.3, -0.25) is 4.79 Å². The summed E-state index contributed by atoms with van der Waals surface area (Å²) in [4.78, 5) is 16.0. The van der Waals surface area contributed by atoms with Crippen molar-refractivity contribution in [3.8, 4) is 0 Å². The number of carbonyl (C=O) groups is 1. The van der Waals surface area contributed by atoms with Crippen LogP contribution in [0, 0.1) is 13.8 Å². The normalized spacial score (nSPS) is 10.8. The average molecular weight is 264 g/mol. The third kappa shape index (κ3) is 2.86. The van der Waals surface area contributed by atoms with Crippen molar-refractivity contribution in [1.29, 1.82) is 0 Å². The van der Waals surface area contributed by atoms with Gasteiger partial charge in [0.25, 0.3) is 0 Å². The number of carbonyl (C=O) groups excluding carboxylic acids is 1. The van der Waals surface area contributed by atoms with Crippen molar-refractivity contribution in [3.63, 3.8) is 0 Å². The van der Waals surface area contributed by atoms with Gasteiger partial charge in [0, 0.05) is 7.11 Å². The summed E-state index contributed by atoms with van der Waals surface area (Å²) < 4.78 is 5.97. The molecule has 0 aliphatic heterocycles. The number of nitrogens with one attached hydrogen (secondary N) is 1. The van der Waals surface area contributed by atoms with E-state index in [1.165, 1.54) is 16.9 Å². The first-order chi connectivity index (χ1) is 8.60. The van der Waals surface area contributed by atoms with E-state index in [9.17, 15) is 4.79 Å². The molecule has 2 rings (SSSR count). The summed E-state index contributed by atoms with van der Waals surface area (Å²) in [6, 6.07) is 4.18. The van der Waals surface area contributed by atoms with E-state index in [4.69, 9.17) is 4.74 Å². The maximum atomic E-state index is 11.6. The Morgan fingerprint density at radius 3 is 2.94 bits per heavy atom. The highest BCUT2D eigenvalue weighted by Gasteiger charge is 2.09. The molecular weight excluding hydrogens is 248 g/mol. The number of amides is 1. The number of hydrogen-bond donors (Lipinski definition) is 1. The standard InChI is InChI=1S/C13H16N2O2S/c1-8-6-9(2)12-10(7-8)18-13(15-12)14-11(16)4-5-17-3/h6-7H,4-5H2,1-3H3,(H,14,15,16). The third-order valence-corrected chi connectivity index (χ3v) is 3.53. The van der Waals surface area contributed by atoms with Crippen LogP contribution in [0.25, 0.3) is 10.2 Å². The highest BCUT2D eigenvalue weighted by atomic mass is 32.1. The molecule has 0 unspecified atom stereocenters. The van der Waals surface area contributed by atoms with E-state index in [0.717, 1.165) is 15.8 Å². The number of benzene rings is 1. The molecule has 0 saturated heterocycles. The van der Waals surface area contributed by atoms with Crippen LogP contribution < -0.4 is 5.32 Å². The Balaban J connectivity index is 2.20. The second-order valence-corrected chi connectivity index (χ2v) is 5.27. The summed E-state index contributed by atoms with van der Waals surface area (Å²) in [5.41, 5.74) is 3.31. The predicted octanol–water partition coefficient (Wildman–Crippen LogP) is 2.89. The molecule has 0 bridgehead atoms. The van der Waals surface area contributed by atoms with Gasteiger partial charge in [-0.2, -0.15) is 0 Å². The molecule has 0 fully saturated rings. The first-order valence-electron chi connectivity index (χ1n) is 5.76. The molecule has 4 nitrogen and oxygen atoms in total. The van der Waals surface area contributed by atoms with E-state index in [2.05, 4.69) is 29.4 Å². The molecule has 18 heavy (non-hydrogen) atoms. The number of anilines is 1. The molecule has 1 amide bonds. The SMILES string of the molecule is COCCC(=O)Nc1nc2c(C)cc(C)cc2s1. The topological polar surface area (TPSA) is 51.2 Å². The molecule has 1 aromatic heterocycles. The van der Waals surface area contributed by atoms with Crippen molar-refractivity contribution in [1.82, 2.24) is 4.98 Å². The molecule has 96 valence electrons. The van der Waals surface area contributed by atoms with Crippen LogP contribution in [0.15, 0.2) is 12.1 Å². The van der Waals surface area contributed by atoms with Gasteiger partial charge in [0.15, 0.2) is 5.13 Å². The van der Waals surface area contributed by atoms with Gasteiger partial charge < -0.3 is 10.1 Å². The molecule has 5 heteroatoms. The van der Waals surface area contributed by atoms with Crippen molar-refractivity contribution in [2.24, 2.45) is 0 Å². The minimum atomic E-state index is -0.0646. The molecule has 0 spiro atoms. The molecule has 0 radical (unpaired) electrons. The van der Waals surface area contributed by atoms with Crippen molar-refractivity contribution >= 4 is 32.6 Å². The lowest BCUT2D eigenvalue weighted by Crippen LogP contribution is -2.13. The Kier molecular flexibility index (Phi) is 3.93. The fraction of sp³-hybridized carbons (Fsp3) is 0.385. The maximum Gasteiger partial charge on any atom is 0.228 e. The number of hydrogen-bond acceptors (Lipinski definition) is 4. The van der Waals surface area contributed by atoms with Crippen LogP contribution in [0.3, 0.4) is 0 Å². The van der Waals surface area contributed by atoms with Gasteiger partial charge in [-0.05, 0) is 31.0 Å². The fourth-order valence-corrected chi connectivity index (χ4v) is 2.86. The van der Waals surface area contributed by atoms with Gasteiger partial charge in [-0.15, -0.1) is 0 Å². The first kappa shape index (κ1) is 13.0. The van der Waals surface area contributed by atoms with Crippen LogP contribution >= 0.6 is 11.3 Å². The second-order valence-electron chi connectivity index (χ2n) is 4.24. The highest BCUT2D eigenvalue weighted by molar-refractivity contribution is 7.22. The molecule has 0 atom stereocenters. The summed E-state index contributed by atoms with van der Waals surface area (Å²) in [5.74, 6) is -0.0646. The van der Waals surface area contributed by atoms with E-state index in [1.807, 2.05) is 6.92 Å². The molecule has 1 aromatic carbocycles. The van der Waals surface area contributed by atoms with E-state index in [0.29, 0.717) is 18.2 Å². The molecule has 0 aliphatic carbocycles. The van der Waals surface area contributed by atoms with Gasteiger partial charge >= 0.3 is 0 Å². The molecule has 0 aliphatic rings. The number of aromatic nitrogens is 1. The Labute approximate surface area is 110 Å². The maximum absolute atomic E-state index is 11.6. The molecule has 2 aromatic rings. The summed E-state index contributed by atoms with van der Waals surface area (Å²) >= 11 is 1.50. The van der Waals surface area contributed by atoms with Crippen LogP contribution in [-0.2, 0) is 9.53 Å². The lowest BCUT2D eigenvalue weighted by Gasteiger charge is -1.99. The summed E-state index contributed by atoms with van der Waals surface area (Å²) in [6.07, 6.45) is 0.352. The van der Waals surface area contributed by atoms with Gasteiger partial charge in [0.05, 0.1) is 23.2 Å². The Morgan fingerprint density at radius 1 is 1.44 bits per heavy atom. The number of methoxy groups -OCH3 is 1. The van der Waals surface area contributed by atoms with Gasteiger partial charge in [0.2, 0.25) is 5.91 Å². The van der Waals surface area contributed by atoms with Crippen LogP contribution in [0.2, 0.25) is 0 Å². The van der Waals surface area contributed by atoms with Crippen molar-refractivity contribution in [3.05, 3.63) is 23.3 Å². The average Bonchev–Trinajstić information content (AvgIpc) is 2.69. The smallest absolute Gasteiger partial charge is 0.228 e. The number of nitrogens with zero attached hydrogens (tertiary/aromatic N) is 1. The quantitative estimate of drug-likeness (QED) is 0.923. The fourth-order valence-electron chi connectivity index (χ4n) is 1.80. The van der Waals surface area contributed by atoms with E-state index >= 15 is 0 Å². The van der Waals surface area contributed by atoms with Gasteiger partial charge in [-0.25, -0.2) is 4.98 Å². The van der Waals surface area contributed by atoms with Gasteiger partial charge in [-0.1, -0.05) is 17.4 Å². The van der Waals surface area contributed by atoms with Crippen LogP contribution in [-0.4, -0.2) is 24.6 Å². The lowest BCUT2D eigenvalue weighted by molar-refractivity contribution is -0.117. The molecule has 1 heterocycles. The summed E-state index contributed by atoms with van der Waals surface area (Å²) in [6.45, 7) is 4.52. The minimum absolute atomic E-state index is 0.0646. The van der Waals surface area contributed by atoms with Gasteiger partial charge in [0.1, 0.15) is 0 Å². The minimum Gasteiger partial charge on any atom is -0.384 e. The Hall–Kier alpha value is -1.46. The number of aryl methyl sites for hydroxylation is 2. The molecular formula is C13H16N2O2S. The predicted molar refractivity (Wildman–Crippen MR) is 74.2 cm³/mol. The summed E-state index contributed by atoms with van der Waals surface area (Å²) in [5, 5.41) is 3.45. The monoisotopic (exact) mass is 264 g/mol.